The Hall–Kier alpha value is -1.79. The summed E-state index contributed by atoms with van der Waals surface area (Å²) in [6.45, 7) is 2.95. The Balaban J connectivity index is 1.66. The van der Waals surface area contributed by atoms with Crippen molar-refractivity contribution in [2.45, 2.75) is 31.7 Å². The molecular formula is C18H28ClN5O. The second-order valence-electron chi connectivity index (χ2n) is 6.36. The van der Waals surface area contributed by atoms with Gasteiger partial charge in [-0.1, -0.05) is 29.8 Å². The molecule has 0 unspecified atom stereocenters. The van der Waals surface area contributed by atoms with Crippen molar-refractivity contribution in [1.82, 2.24) is 15.5 Å². The molecule has 0 atom stereocenters. The number of nitrogens with zero attached hydrogens (tertiary/aromatic N) is 2. The molecule has 0 radical (unpaired) electrons. The van der Waals surface area contributed by atoms with E-state index in [4.69, 9.17) is 17.3 Å². The minimum absolute atomic E-state index is 0.262. The molecule has 4 N–H and O–H groups in total. The average molecular weight is 366 g/mol. The maximum atomic E-state index is 11.0. The summed E-state index contributed by atoms with van der Waals surface area (Å²) in [6, 6.07) is 8.33. The number of amides is 1. The molecule has 0 aromatic heterocycles. The van der Waals surface area contributed by atoms with Gasteiger partial charge in [0.15, 0.2) is 5.96 Å². The number of benzene rings is 1. The summed E-state index contributed by atoms with van der Waals surface area (Å²) in [5.74, 6) is 0.565. The van der Waals surface area contributed by atoms with Crippen LogP contribution in [0.4, 0.5) is 0 Å². The number of carbonyl (C=O) groups excluding carboxylic acids is 1. The lowest BCUT2D eigenvalue weighted by atomic mass is 10.1. The van der Waals surface area contributed by atoms with Gasteiger partial charge in [0, 0.05) is 37.7 Å². The van der Waals surface area contributed by atoms with Crippen LogP contribution >= 0.6 is 11.6 Å². The van der Waals surface area contributed by atoms with Crippen LogP contribution in [0.5, 0.6) is 0 Å². The van der Waals surface area contributed by atoms with Crippen molar-refractivity contribution in [1.29, 1.82) is 0 Å². The summed E-state index contributed by atoms with van der Waals surface area (Å²) in [7, 11) is 1.78. The van der Waals surface area contributed by atoms with E-state index in [-0.39, 0.29) is 5.91 Å². The number of likely N-dealkylation sites (tertiary alicyclic amines) is 1. The highest BCUT2D eigenvalue weighted by molar-refractivity contribution is 6.31. The van der Waals surface area contributed by atoms with Crippen LogP contribution in [0.3, 0.4) is 0 Å². The fraction of sp³-hybridized carbons (Fsp3) is 0.556. The minimum atomic E-state index is -0.262. The van der Waals surface area contributed by atoms with E-state index in [1.165, 1.54) is 5.56 Å². The number of piperidine rings is 1. The lowest BCUT2D eigenvalue weighted by molar-refractivity contribution is -0.119. The molecule has 1 saturated heterocycles. The standard InChI is InChI=1S/C18H28ClN5O/c1-21-18(22-10-4-6-14-5-2-3-7-16(14)19)23-15-8-11-24(12-9-15)13-17(20)25/h2-3,5,7,15H,4,6,8-13H2,1H3,(H2,20,25)(H2,21,22,23). The number of aliphatic imine (C=N–C) groups is 1. The molecule has 0 bridgehead atoms. The van der Waals surface area contributed by atoms with Gasteiger partial charge >= 0.3 is 0 Å². The number of nitrogens with two attached hydrogens (primary N) is 1. The van der Waals surface area contributed by atoms with Crippen molar-refractivity contribution in [3.05, 3.63) is 34.9 Å². The van der Waals surface area contributed by atoms with Gasteiger partial charge in [-0.25, -0.2) is 0 Å². The Labute approximate surface area is 154 Å². The topological polar surface area (TPSA) is 82.8 Å². The molecule has 0 spiro atoms. The van der Waals surface area contributed by atoms with E-state index in [9.17, 15) is 4.79 Å². The van der Waals surface area contributed by atoms with Crippen LogP contribution in [-0.2, 0) is 11.2 Å². The van der Waals surface area contributed by atoms with Crippen molar-refractivity contribution in [3.63, 3.8) is 0 Å². The fourth-order valence-corrected chi connectivity index (χ4v) is 3.26. The first-order valence-electron chi connectivity index (χ1n) is 8.79. The van der Waals surface area contributed by atoms with E-state index in [1.54, 1.807) is 7.05 Å². The lowest BCUT2D eigenvalue weighted by Gasteiger charge is -2.32. The van der Waals surface area contributed by atoms with Crippen molar-refractivity contribution in [2.75, 3.05) is 33.2 Å². The molecule has 1 fully saturated rings. The van der Waals surface area contributed by atoms with Crippen LogP contribution in [-0.4, -0.2) is 56.0 Å². The third kappa shape index (κ3) is 6.92. The van der Waals surface area contributed by atoms with E-state index in [2.05, 4.69) is 26.6 Å². The van der Waals surface area contributed by atoms with E-state index >= 15 is 0 Å². The number of halogens is 1. The van der Waals surface area contributed by atoms with Crippen LogP contribution in [0.15, 0.2) is 29.3 Å². The Bertz CT molecular complexity index is 585. The Morgan fingerprint density at radius 3 is 2.72 bits per heavy atom. The number of hydrogen-bond acceptors (Lipinski definition) is 3. The van der Waals surface area contributed by atoms with Gasteiger partial charge in [0.25, 0.3) is 0 Å². The largest absolute Gasteiger partial charge is 0.369 e. The summed E-state index contributed by atoms with van der Waals surface area (Å²) >= 11 is 6.18. The molecule has 1 aromatic carbocycles. The molecule has 1 amide bonds. The molecule has 2 rings (SSSR count). The smallest absolute Gasteiger partial charge is 0.231 e. The number of primary amides is 1. The molecule has 1 heterocycles. The van der Waals surface area contributed by atoms with Gasteiger partial charge in [-0.3, -0.25) is 14.7 Å². The number of hydrogen-bond donors (Lipinski definition) is 3. The molecule has 7 heteroatoms. The third-order valence-corrected chi connectivity index (χ3v) is 4.77. The highest BCUT2D eigenvalue weighted by Gasteiger charge is 2.20. The first-order chi connectivity index (χ1) is 12.1. The second-order valence-corrected chi connectivity index (χ2v) is 6.76. The maximum Gasteiger partial charge on any atom is 0.231 e. The monoisotopic (exact) mass is 365 g/mol. The molecule has 0 saturated carbocycles. The molecule has 0 aliphatic carbocycles. The number of rotatable bonds is 7. The van der Waals surface area contributed by atoms with Crippen LogP contribution in [0, 0.1) is 0 Å². The van der Waals surface area contributed by atoms with Gasteiger partial charge in [-0.05, 0) is 37.3 Å². The highest BCUT2D eigenvalue weighted by atomic mass is 35.5. The van der Waals surface area contributed by atoms with Gasteiger partial charge < -0.3 is 16.4 Å². The quantitative estimate of drug-likeness (QED) is 0.387. The maximum absolute atomic E-state index is 11.0. The second kappa shape index (κ2) is 10.3. The summed E-state index contributed by atoms with van der Waals surface area (Å²) in [4.78, 5) is 17.4. The summed E-state index contributed by atoms with van der Waals surface area (Å²) in [5.41, 5.74) is 6.42. The van der Waals surface area contributed by atoms with Gasteiger partial charge in [-0.2, -0.15) is 0 Å². The lowest BCUT2D eigenvalue weighted by Crippen LogP contribution is -2.49. The number of guanidine groups is 1. The molecule has 25 heavy (non-hydrogen) atoms. The molecule has 1 aliphatic heterocycles. The molecule has 6 nitrogen and oxygen atoms in total. The molecule has 138 valence electrons. The minimum Gasteiger partial charge on any atom is -0.369 e. The van der Waals surface area contributed by atoms with Crippen molar-refractivity contribution >= 4 is 23.5 Å². The Kier molecular flexibility index (Phi) is 8.01. The van der Waals surface area contributed by atoms with Crippen molar-refractivity contribution in [3.8, 4) is 0 Å². The zero-order chi connectivity index (χ0) is 18.1. The Morgan fingerprint density at radius 2 is 2.08 bits per heavy atom. The van der Waals surface area contributed by atoms with Crippen LogP contribution in [0.25, 0.3) is 0 Å². The zero-order valence-corrected chi connectivity index (χ0v) is 15.6. The number of aryl methyl sites for hydroxylation is 1. The number of carbonyl (C=O) groups is 1. The predicted octanol–water partition coefficient (Wildman–Crippen LogP) is 1.39. The summed E-state index contributed by atoms with van der Waals surface area (Å²) in [5, 5.41) is 7.64. The number of nitrogens with one attached hydrogen (secondary N) is 2. The van der Waals surface area contributed by atoms with Gasteiger partial charge in [-0.15, -0.1) is 0 Å². The van der Waals surface area contributed by atoms with E-state index < -0.39 is 0 Å². The first-order valence-corrected chi connectivity index (χ1v) is 9.17. The average Bonchev–Trinajstić information content (AvgIpc) is 2.60. The fourth-order valence-electron chi connectivity index (χ4n) is 3.03. The highest BCUT2D eigenvalue weighted by Crippen LogP contribution is 2.16. The predicted molar refractivity (Wildman–Crippen MR) is 103 cm³/mol. The van der Waals surface area contributed by atoms with Crippen LogP contribution < -0.4 is 16.4 Å². The summed E-state index contributed by atoms with van der Waals surface area (Å²) < 4.78 is 0. The van der Waals surface area contributed by atoms with E-state index in [0.29, 0.717) is 12.6 Å². The first kappa shape index (κ1) is 19.5. The Morgan fingerprint density at radius 1 is 1.36 bits per heavy atom. The molecular weight excluding hydrogens is 338 g/mol. The SMILES string of the molecule is CN=C(NCCCc1ccccc1Cl)NC1CCN(CC(N)=O)CC1. The normalized spacial score (nSPS) is 16.6. The van der Waals surface area contributed by atoms with Crippen LogP contribution in [0.1, 0.15) is 24.8 Å². The van der Waals surface area contributed by atoms with Crippen molar-refractivity contribution in [2.24, 2.45) is 10.7 Å². The van der Waals surface area contributed by atoms with Gasteiger partial charge in [0.1, 0.15) is 0 Å². The summed E-state index contributed by atoms with van der Waals surface area (Å²) in [6.07, 6.45) is 3.89. The third-order valence-electron chi connectivity index (χ3n) is 4.40. The van der Waals surface area contributed by atoms with Gasteiger partial charge in [0.2, 0.25) is 5.91 Å². The van der Waals surface area contributed by atoms with E-state index in [1.807, 2.05) is 18.2 Å². The van der Waals surface area contributed by atoms with Crippen molar-refractivity contribution < 1.29 is 4.79 Å². The zero-order valence-electron chi connectivity index (χ0n) is 14.8. The molecule has 1 aliphatic rings. The van der Waals surface area contributed by atoms with Crippen LogP contribution in [0.2, 0.25) is 5.02 Å². The van der Waals surface area contributed by atoms with E-state index in [0.717, 1.165) is 56.3 Å². The van der Waals surface area contributed by atoms with Gasteiger partial charge in [0.05, 0.1) is 6.54 Å². The molecule has 1 aromatic rings.